The van der Waals surface area contributed by atoms with E-state index < -0.39 is 7.92 Å². The lowest BCUT2D eigenvalue weighted by Gasteiger charge is -2.42. The van der Waals surface area contributed by atoms with Crippen LogP contribution in [0.5, 0.6) is 0 Å². The Balaban J connectivity index is 1.98. The molecule has 3 rings (SSSR count). The van der Waals surface area contributed by atoms with Crippen LogP contribution in [0.1, 0.15) is 52.7 Å². The zero-order valence-electron chi connectivity index (χ0n) is 18.9. The summed E-state index contributed by atoms with van der Waals surface area (Å²) >= 11 is 0. The molecule has 2 heterocycles. The largest absolute Gasteiger partial charge is 0.237 e. The average Bonchev–Trinajstić information content (AvgIpc) is 2.70. The quantitative estimate of drug-likeness (QED) is 0.479. The van der Waals surface area contributed by atoms with Crippen molar-refractivity contribution < 1.29 is 0 Å². The Morgan fingerprint density at radius 2 is 1.00 bits per heavy atom. The minimum Gasteiger partial charge on any atom is -0.237 e. The third-order valence-electron chi connectivity index (χ3n) is 4.98. The van der Waals surface area contributed by atoms with Crippen LogP contribution in [0.25, 0.3) is 0 Å². The maximum atomic E-state index is 4.56. The van der Waals surface area contributed by atoms with Gasteiger partial charge in [-0.1, -0.05) is 73.7 Å². The molecule has 4 nitrogen and oxygen atoms in total. The van der Waals surface area contributed by atoms with Crippen molar-refractivity contribution in [2.45, 2.75) is 64.2 Å². The molecule has 0 aliphatic rings. The van der Waals surface area contributed by atoms with Crippen molar-refractivity contribution in [3.63, 3.8) is 0 Å². The van der Waals surface area contributed by atoms with Gasteiger partial charge in [0, 0.05) is 38.9 Å². The van der Waals surface area contributed by atoms with Crippen LogP contribution in [0.2, 0.25) is 0 Å². The first kappa shape index (κ1) is 22.9. The third-order valence-corrected chi connectivity index (χ3v) is 11.0. The molecule has 158 valence electrons. The summed E-state index contributed by atoms with van der Waals surface area (Å²) in [6.45, 7) is 14.3. The molecule has 0 saturated carbocycles. The van der Waals surface area contributed by atoms with E-state index in [4.69, 9.17) is 0 Å². The smallest absolute Gasteiger partial charge is 0.158 e. The van der Waals surface area contributed by atoms with E-state index in [-0.39, 0.29) is 18.2 Å². The highest BCUT2D eigenvalue weighted by atomic mass is 31.1. The summed E-state index contributed by atoms with van der Waals surface area (Å²) in [6.07, 6.45) is 9.22. The Bertz CT molecular complexity index is 881. The molecule has 0 atom stereocenters. The van der Waals surface area contributed by atoms with Gasteiger partial charge < -0.3 is 0 Å². The van der Waals surface area contributed by atoms with Crippen LogP contribution < -0.4 is 11.1 Å². The molecular weight excluding hydrogens is 406 g/mol. The van der Waals surface area contributed by atoms with Crippen molar-refractivity contribution in [1.82, 2.24) is 19.9 Å². The topological polar surface area (TPSA) is 51.6 Å². The van der Waals surface area contributed by atoms with Crippen LogP contribution in [0.3, 0.4) is 0 Å². The first-order valence-electron chi connectivity index (χ1n) is 10.3. The highest BCUT2D eigenvalue weighted by molar-refractivity contribution is 7.71. The molecule has 0 spiro atoms. The second-order valence-corrected chi connectivity index (χ2v) is 15.2. The van der Waals surface area contributed by atoms with Gasteiger partial charge in [0.05, 0.1) is 0 Å². The van der Waals surface area contributed by atoms with Gasteiger partial charge in [0.1, 0.15) is 0 Å². The Kier molecular flexibility index (Phi) is 7.32. The Labute approximate surface area is 183 Å². The van der Waals surface area contributed by atoms with Crippen molar-refractivity contribution in [2.24, 2.45) is 0 Å². The van der Waals surface area contributed by atoms with Crippen molar-refractivity contribution in [3.05, 3.63) is 72.3 Å². The van der Waals surface area contributed by atoms with Gasteiger partial charge in [0.25, 0.3) is 0 Å². The maximum absolute atomic E-state index is 4.56. The number of nitrogens with zero attached hydrogens (tertiary/aromatic N) is 4. The van der Waals surface area contributed by atoms with Crippen molar-refractivity contribution in [1.29, 1.82) is 0 Å². The monoisotopic (exact) mass is 438 g/mol. The van der Waals surface area contributed by atoms with Gasteiger partial charge in [-0.2, -0.15) is 0 Å². The van der Waals surface area contributed by atoms with Crippen LogP contribution in [0.4, 0.5) is 0 Å². The summed E-state index contributed by atoms with van der Waals surface area (Å²) in [5.74, 6) is 0. The highest BCUT2D eigenvalue weighted by Gasteiger charge is 2.34. The fraction of sp³-hybridized carbons (Fsp3) is 0.417. The van der Waals surface area contributed by atoms with E-state index in [0.29, 0.717) is 0 Å². The lowest BCUT2D eigenvalue weighted by molar-refractivity contribution is 0.702. The van der Waals surface area contributed by atoms with Gasteiger partial charge in [0.15, 0.2) is 11.1 Å². The molecule has 3 aromatic rings. The molecule has 0 fully saturated rings. The molecule has 0 unspecified atom stereocenters. The molecule has 0 amide bonds. The van der Waals surface area contributed by atoms with Gasteiger partial charge in [-0.3, -0.25) is 0 Å². The van der Waals surface area contributed by atoms with Crippen LogP contribution in [-0.4, -0.2) is 30.2 Å². The zero-order chi connectivity index (χ0) is 21.8. The van der Waals surface area contributed by atoms with Gasteiger partial charge in [-0.15, -0.1) is 0 Å². The summed E-state index contributed by atoms with van der Waals surface area (Å²) in [6, 6.07) is 12.6. The van der Waals surface area contributed by atoms with E-state index in [1.54, 1.807) is 0 Å². The molecule has 0 N–H and O–H groups in total. The molecule has 0 saturated heterocycles. The molecule has 0 bridgehead atoms. The normalized spacial score (nSPS) is 12.5. The van der Waals surface area contributed by atoms with E-state index in [1.807, 2.05) is 36.9 Å². The predicted octanol–water partition coefficient (Wildman–Crippen LogP) is 5.48. The van der Waals surface area contributed by atoms with Crippen LogP contribution in [0, 0.1) is 0 Å². The molecule has 0 aliphatic heterocycles. The molecule has 0 radical (unpaired) electrons. The van der Waals surface area contributed by atoms with Crippen molar-refractivity contribution in [3.8, 4) is 0 Å². The van der Waals surface area contributed by atoms with Crippen molar-refractivity contribution >= 4 is 27.0 Å². The lowest BCUT2D eigenvalue weighted by Crippen LogP contribution is -2.26. The Morgan fingerprint density at radius 3 is 1.40 bits per heavy atom. The fourth-order valence-electron chi connectivity index (χ4n) is 3.78. The number of aromatic nitrogens is 4. The fourth-order valence-corrected chi connectivity index (χ4v) is 9.32. The minimum absolute atomic E-state index is 0.224. The second-order valence-electron chi connectivity index (χ2n) is 9.38. The standard InChI is InChI=1S/C24H32N4P2/c1-23(2,3)30(24(4,5)6)18-20-12-8-7-11-19(20)17-29(21-25-13-9-14-26-21)22-27-15-10-16-28-22/h7-16H,17-18H2,1-6H3. The van der Waals surface area contributed by atoms with E-state index in [9.17, 15) is 0 Å². The second kappa shape index (κ2) is 9.58. The maximum Gasteiger partial charge on any atom is 0.158 e. The molecule has 2 aromatic heterocycles. The van der Waals surface area contributed by atoms with Crippen LogP contribution in [0.15, 0.2) is 61.2 Å². The van der Waals surface area contributed by atoms with E-state index in [1.165, 1.54) is 11.1 Å². The third kappa shape index (κ3) is 5.90. The van der Waals surface area contributed by atoms with Crippen LogP contribution in [-0.2, 0) is 12.3 Å². The summed E-state index contributed by atoms with van der Waals surface area (Å²) in [5, 5.41) is 0.576. The van der Waals surface area contributed by atoms with Crippen LogP contribution >= 0.6 is 15.8 Å². The molecule has 30 heavy (non-hydrogen) atoms. The first-order chi connectivity index (χ1) is 14.2. The highest BCUT2D eigenvalue weighted by Crippen LogP contribution is 2.61. The first-order valence-corrected chi connectivity index (χ1v) is 13.4. The van der Waals surface area contributed by atoms with Gasteiger partial charge >= 0.3 is 0 Å². The summed E-state index contributed by atoms with van der Waals surface area (Å²) < 4.78 is 0. The van der Waals surface area contributed by atoms with Gasteiger partial charge in [-0.25, -0.2) is 19.9 Å². The zero-order valence-corrected chi connectivity index (χ0v) is 20.7. The molecule has 0 aliphatic carbocycles. The average molecular weight is 438 g/mol. The number of rotatable bonds is 6. The van der Waals surface area contributed by atoms with Gasteiger partial charge in [0.2, 0.25) is 0 Å². The molecule has 6 heteroatoms. The summed E-state index contributed by atoms with van der Waals surface area (Å²) in [4.78, 5) is 18.2. The number of hydrogen-bond donors (Lipinski definition) is 0. The Morgan fingerprint density at radius 1 is 0.600 bits per heavy atom. The summed E-state index contributed by atoms with van der Waals surface area (Å²) in [5.41, 5.74) is 4.47. The number of hydrogen-bond acceptors (Lipinski definition) is 4. The molecule has 1 aromatic carbocycles. The van der Waals surface area contributed by atoms with E-state index in [0.717, 1.165) is 23.5 Å². The molecular formula is C24H32N4P2. The minimum atomic E-state index is -0.862. The lowest BCUT2D eigenvalue weighted by atomic mass is 10.1. The van der Waals surface area contributed by atoms with E-state index in [2.05, 4.69) is 85.7 Å². The van der Waals surface area contributed by atoms with Gasteiger partial charge in [-0.05, 0) is 39.7 Å². The summed E-state index contributed by atoms with van der Waals surface area (Å²) in [7, 11) is -1.09. The number of benzene rings is 1. The Hall–Kier alpha value is -1.76. The predicted molar refractivity (Wildman–Crippen MR) is 131 cm³/mol. The van der Waals surface area contributed by atoms with E-state index >= 15 is 0 Å². The van der Waals surface area contributed by atoms with Crippen molar-refractivity contribution in [2.75, 3.05) is 0 Å². The SMILES string of the molecule is CC(C)(C)P(Cc1ccccc1CP(c1ncccn1)c1ncccn1)C(C)(C)C.